The van der Waals surface area contributed by atoms with Crippen LogP contribution in [0.1, 0.15) is 0 Å². The molecule has 1 heterocycles. The zero-order valence-electron chi connectivity index (χ0n) is 9.24. The fourth-order valence-electron chi connectivity index (χ4n) is 1.33. The molecule has 0 bridgehead atoms. The minimum Gasteiger partial charge on any atom is -0.522 e. The topological polar surface area (TPSA) is 22.1 Å². The van der Waals surface area contributed by atoms with Gasteiger partial charge in [-0.05, 0) is 18.2 Å². The van der Waals surface area contributed by atoms with Crippen LogP contribution in [0.2, 0.25) is 0 Å². The zero-order chi connectivity index (χ0) is 11.6. The van der Waals surface area contributed by atoms with E-state index in [0.717, 1.165) is 5.39 Å². The van der Waals surface area contributed by atoms with Crippen LogP contribution in [0.4, 0.5) is 12.9 Å². The van der Waals surface area contributed by atoms with Crippen LogP contribution in [-0.4, -0.2) is 18.5 Å². The summed E-state index contributed by atoms with van der Waals surface area (Å²) < 4.78 is 40.6. The summed E-state index contributed by atoms with van der Waals surface area (Å²) >= 11 is 0. The molecule has 84 valence electrons. The first-order valence-corrected chi connectivity index (χ1v) is 4.73. The van der Waals surface area contributed by atoms with Gasteiger partial charge in [0.15, 0.2) is 0 Å². The van der Waals surface area contributed by atoms with Crippen LogP contribution < -0.4 is 56.1 Å². The van der Waals surface area contributed by atoms with Crippen molar-refractivity contribution in [3.63, 3.8) is 0 Å². The average Bonchev–Trinajstić information content (AvgIpc) is 2.25. The predicted molar refractivity (Wildman–Crippen MR) is 56.3 cm³/mol. The number of ether oxygens (including phenoxy) is 1. The van der Waals surface area contributed by atoms with Gasteiger partial charge < -0.3 is 17.7 Å². The minimum absolute atomic E-state index is 0. The molecule has 2 rings (SSSR count). The molecule has 0 amide bonds. The predicted octanol–water partition coefficient (Wildman–Crippen LogP) is 0.00420. The van der Waals surface area contributed by atoms with Crippen molar-refractivity contribution in [3.05, 3.63) is 36.5 Å². The van der Waals surface area contributed by atoms with Gasteiger partial charge in [0.2, 0.25) is 0 Å². The summed E-state index contributed by atoms with van der Waals surface area (Å²) in [6.45, 7) is -6.14. The van der Waals surface area contributed by atoms with Gasteiger partial charge in [-0.1, -0.05) is 6.07 Å². The van der Waals surface area contributed by atoms with Gasteiger partial charge >= 0.3 is 58.4 Å². The Hall–Kier alpha value is -0.0787. The molecule has 0 aliphatic carbocycles. The number of nitrogens with zero attached hydrogens (tertiary/aromatic N) is 1. The number of fused-ring (bicyclic) bond motifs is 1. The molecule has 0 saturated carbocycles. The molecule has 7 heteroatoms. The summed E-state index contributed by atoms with van der Waals surface area (Å²) in [5.74, 6) is 0.186. The normalized spacial score (nSPS) is 11.0. The molecule has 0 saturated heterocycles. The molecule has 17 heavy (non-hydrogen) atoms. The van der Waals surface area contributed by atoms with E-state index in [9.17, 15) is 12.9 Å². The van der Waals surface area contributed by atoms with Crippen LogP contribution in [0.15, 0.2) is 36.5 Å². The summed E-state index contributed by atoms with van der Waals surface area (Å²) in [5, 5.41) is 0.868. The molecule has 0 fully saturated rings. The van der Waals surface area contributed by atoms with E-state index in [4.69, 9.17) is 0 Å². The maximum atomic E-state index is 12.0. The van der Waals surface area contributed by atoms with E-state index in [1.165, 1.54) is 12.1 Å². The van der Waals surface area contributed by atoms with Crippen LogP contribution in [0.5, 0.6) is 5.75 Å². The van der Waals surface area contributed by atoms with Gasteiger partial charge in [0.05, 0.1) is 12.0 Å². The summed E-state index contributed by atoms with van der Waals surface area (Å²) in [6, 6.07) is 8.28. The molecule has 1 aromatic heterocycles. The number of rotatable bonds is 3. The molecule has 0 N–H and O–H groups in total. The van der Waals surface area contributed by atoms with E-state index < -0.39 is 13.5 Å². The molecule has 2 aromatic rings. The van der Waals surface area contributed by atoms with Crippen LogP contribution in [-0.2, 0) is 0 Å². The van der Waals surface area contributed by atoms with Crippen LogP contribution in [0.25, 0.3) is 10.9 Å². The van der Waals surface area contributed by atoms with E-state index in [1.54, 1.807) is 18.3 Å². The second-order valence-corrected chi connectivity index (χ2v) is 3.38. The van der Waals surface area contributed by atoms with E-state index in [0.29, 0.717) is 5.52 Å². The fourth-order valence-corrected chi connectivity index (χ4v) is 1.33. The van der Waals surface area contributed by atoms with Gasteiger partial charge in [-0.25, -0.2) is 0 Å². The summed E-state index contributed by atoms with van der Waals surface area (Å²) in [4.78, 5) is 4.03. The Morgan fingerprint density at radius 2 is 1.94 bits per heavy atom. The largest absolute Gasteiger partial charge is 1.00 e. The Labute approximate surface area is 139 Å². The molecular formula is C10H8BF3KNO. The summed E-state index contributed by atoms with van der Waals surface area (Å²) in [6.07, 6.45) is 1.58. The fraction of sp³-hybridized carbons (Fsp3) is 0.100. The van der Waals surface area contributed by atoms with Gasteiger partial charge in [-0.2, -0.15) is 0 Å². The Kier molecular flexibility index (Phi) is 5.46. The number of hydrogen-bond donors (Lipinski definition) is 0. The van der Waals surface area contributed by atoms with Gasteiger partial charge in [0.1, 0.15) is 5.75 Å². The number of hydrogen-bond acceptors (Lipinski definition) is 2. The van der Waals surface area contributed by atoms with Gasteiger partial charge in [0.25, 0.3) is 0 Å². The van der Waals surface area contributed by atoms with Crippen molar-refractivity contribution in [1.82, 2.24) is 4.98 Å². The standard InChI is InChI=1S/C10H8BF3NO.K/c12-11(13,14)7-16-9-4-3-8-2-1-5-15-10(8)6-9;/h1-6H,7H2;/q-1;+1. The number of pyridine rings is 1. The van der Waals surface area contributed by atoms with Gasteiger partial charge in [0, 0.05) is 17.6 Å². The SMILES string of the molecule is F[B-](F)(F)COc1ccc2cccnc2c1.[K+]. The van der Waals surface area contributed by atoms with Crippen molar-refractivity contribution in [2.24, 2.45) is 0 Å². The smallest absolute Gasteiger partial charge is 0.522 e. The first-order chi connectivity index (χ1) is 7.54. The van der Waals surface area contributed by atoms with Crippen molar-refractivity contribution >= 4 is 17.9 Å². The molecule has 0 aliphatic heterocycles. The van der Waals surface area contributed by atoms with Gasteiger partial charge in [-0.3, -0.25) is 4.98 Å². The van der Waals surface area contributed by atoms with Crippen molar-refractivity contribution in [2.75, 3.05) is 6.51 Å². The van der Waals surface area contributed by atoms with Crippen molar-refractivity contribution in [1.29, 1.82) is 0 Å². The third-order valence-electron chi connectivity index (χ3n) is 2.02. The molecule has 2 nitrogen and oxygen atoms in total. The van der Waals surface area contributed by atoms with Crippen LogP contribution >= 0.6 is 0 Å². The van der Waals surface area contributed by atoms with Crippen molar-refractivity contribution in [2.45, 2.75) is 0 Å². The number of aromatic nitrogens is 1. The second kappa shape index (κ2) is 6.19. The first-order valence-electron chi connectivity index (χ1n) is 4.73. The maximum Gasteiger partial charge on any atom is 1.00 e. The molecule has 1 aromatic carbocycles. The molecule has 0 aliphatic rings. The molecule has 0 atom stereocenters. The number of halogens is 3. The van der Waals surface area contributed by atoms with E-state index in [-0.39, 0.29) is 57.1 Å². The molecule has 0 spiro atoms. The van der Waals surface area contributed by atoms with E-state index in [2.05, 4.69) is 9.72 Å². The monoisotopic (exact) mass is 265 g/mol. The Morgan fingerprint density at radius 3 is 2.65 bits per heavy atom. The Balaban J connectivity index is 0.00000144. The third kappa shape index (κ3) is 4.59. The Bertz CT molecular complexity index is 506. The molecule has 0 radical (unpaired) electrons. The maximum absolute atomic E-state index is 12.0. The Morgan fingerprint density at radius 1 is 1.18 bits per heavy atom. The molecule has 0 unspecified atom stereocenters. The first kappa shape index (κ1) is 15.0. The average molecular weight is 265 g/mol. The minimum atomic E-state index is -4.92. The quantitative estimate of drug-likeness (QED) is 0.729. The van der Waals surface area contributed by atoms with Crippen LogP contribution in [0, 0.1) is 0 Å². The van der Waals surface area contributed by atoms with Crippen LogP contribution in [0.3, 0.4) is 0 Å². The number of benzene rings is 1. The van der Waals surface area contributed by atoms with E-state index in [1.807, 2.05) is 6.07 Å². The van der Waals surface area contributed by atoms with E-state index >= 15 is 0 Å². The molecular weight excluding hydrogens is 257 g/mol. The summed E-state index contributed by atoms with van der Waals surface area (Å²) in [5.41, 5.74) is 0.620. The second-order valence-electron chi connectivity index (χ2n) is 3.38. The van der Waals surface area contributed by atoms with Crippen molar-refractivity contribution < 1.29 is 69.1 Å². The third-order valence-corrected chi connectivity index (χ3v) is 2.02. The zero-order valence-corrected chi connectivity index (χ0v) is 12.4. The van der Waals surface area contributed by atoms with Crippen molar-refractivity contribution in [3.8, 4) is 5.75 Å². The summed E-state index contributed by atoms with van der Waals surface area (Å²) in [7, 11) is 0. The van der Waals surface area contributed by atoms with Gasteiger partial charge in [-0.15, -0.1) is 0 Å².